The van der Waals surface area contributed by atoms with Crippen LogP contribution in [-0.4, -0.2) is 13.7 Å². The van der Waals surface area contributed by atoms with E-state index in [-0.39, 0.29) is 6.04 Å². The van der Waals surface area contributed by atoms with Crippen molar-refractivity contribution in [3.63, 3.8) is 0 Å². The molecule has 1 aromatic rings. The summed E-state index contributed by atoms with van der Waals surface area (Å²) in [5.41, 5.74) is 3.76. The zero-order valence-corrected chi connectivity index (χ0v) is 11.6. The molecule has 96 valence electrons. The zero-order valence-electron chi connectivity index (χ0n) is 10.0. The third kappa shape index (κ3) is 4.12. The van der Waals surface area contributed by atoms with E-state index in [1.807, 2.05) is 12.1 Å². The monoisotopic (exact) mass is 276 g/mol. The molecule has 0 aliphatic carbocycles. The summed E-state index contributed by atoms with van der Waals surface area (Å²) in [5, 5.41) is 1.25. The first-order valence-corrected chi connectivity index (χ1v) is 6.25. The van der Waals surface area contributed by atoms with Crippen molar-refractivity contribution in [2.24, 2.45) is 11.8 Å². The molecule has 2 atom stereocenters. The molecule has 0 saturated heterocycles. The fourth-order valence-electron chi connectivity index (χ4n) is 1.78. The summed E-state index contributed by atoms with van der Waals surface area (Å²) >= 11 is 12.0. The highest BCUT2D eigenvalue weighted by Crippen LogP contribution is 2.31. The normalized spacial score (nSPS) is 14.6. The molecule has 0 saturated carbocycles. The van der Waals surface area contributed by atoms with Gasteiger partial charge in [0.1, 0.15) is 0 Å². The molecule has 17 heavy (non-hydrogen) atoms. The van der Waals surface area contributed by atoms with Crippen molar-refractivity contribution in [3.05, 3.63) is 33.8 Å². The standard InChI is InChI=1S/C12H18Cl2N2O/c1-8(5-6-17-2)12(16-15)10-4-3-9(13)7-11(10)14/h3-4,7-8,12,16H,5-6,15H2,1-2H3. The van der Waals surface area contributed by atoms with Crippen molar-refractivity contribution < 1.29 is 4.74 Å². The predicted molar refractivity (Wildman–Crippen MR) is 72.2 cm³/mol. The minimum absolute atomic E-state index is 0.00471. The Labute approximate surface area is 112 Å². The van der Waals surface area contributed by atoms with E-state index in [0.29, 0.717) is 22.6 Å². The van der Waals surface area contributed by atoms with Gasteiger partial charge in [0.2, 0.25) is 0 Å². The lowest BCUT2D eigenvalue weighted by molar-refractivity contribution is 0.170. The first kappa shape index (κ1) is 14.7. The van der Waals surface area contributed by atoms with E-state index in [0.717, 1.165) is 12.0 Å². The number of ether oxygens (including phenoxy) is 1. The molecular formula is C12H18Cl2N2O. The van der Waals surface area contributed by atoms with Gasteiger partial charge in [-0.3, -0.25) is 11.3 Å². The van der Waals surface area contributed by atoms with Crippen LogP contribution in [0.1, 0.15) is 24.9 Å². The maximum absolute atomic E-state index is 6.17. The van der Waals surface area contributed by atoms with Crippen LogP contribution < -0.4 is 11.3 Å². The highest BCUT2D eigenvalue weighted by atomic mass is 35.5. The highest BCUT2D eigenvalue weighted by Gasteiger charge is 2.20. The Hall–Kier alpha value is -0.320. The second-order valence-corrected chi connectivity index (χ2v) is 4.91. The fraction of sp³-hybridized carbons (Fsp3) is 0.500. The minimum Gasteiger partial charge on any atom is -0.385 e. The first-order valence-electron chi connectivity index (χ1n) is 5.50. The van der Waals surface area contributed by atoms with Crippen LogP contribution in [0.25, 0.3) is 0 Å². The lowest BCUT2D eigenvalue weighted by atomic mass is 9.92. The van der Waals surface area contributed by atoms with Gasteiger partial charge in [-0.05, 0) is 30.0 Å². The summed E-state index contributed by atoms with van der Waals surface area (Å²) in [4.78, 5) is 0. The number of rotatable bonds is 6. The smallest absolute Gasteiger partial charge is 0.0501 e. The van der Waals surface area contributed by atoms with Crippen molar-refractivity contribution in [1.82, 2.24) is 5.43 Å². The van der Waals surface area contributed by atoms with Gasteiger partial charge in [0.05, 0.1) is 6.04 Å². The number of methoxy groups -OCH3 is 1. The lowest BCUT2D eigenvalue weighted by Crippen LogP contribution is -2.33. The van der Waals surface area contributed by atoms with Gasteiger partial charge in [0.15, 0.2) is 0 Å². The van der Waals surface area contributed by atoms with Gasteiger partial charge >= 0.3 is 0 Å². The van der Waals surface area contributed by atoms with Gasteiger partial charge < -0.3 is 4.74 Å². The van der Waals surface area contributed by atoms with Crippen LogP contribution in [0.3, 0.4) is 0 Å². The number of halogens is 2. The van der Waals surface area contributed by atoms with Crippen molar-refractivity contribution in [3.8, 4) is 0 Å². The van der Waals surface area contributed by atoms with E-state index in [1.165, 1.54) is 0 Å². The Morgan fingerprint density at radius 2 is 2.12 bits per heavy atom. The number of hydrogen-bond acceptors (Lipinski definition) is 3. The number of benzene rings is 1. The molecule has 0 radical (unpaired) electrons. The summed E-state index contributed by atoms with van der Waals surface area (Å²) in [5.74, 6) is 5.92. The summed E-state index contributed by atoms with van der Waals surface area (Å²) in [7, 11) is 1.69. The Morgan fingerprint density at radius 3 is 2.65 bits per heavy atom. The van der Waals surface area contributed by atoms with Crippen molar-refractivity contribution in [1.29, 1.82) is 0 Å². The average molecular weight is 277 g/mol. The molecule has 0 amide bonds. The van der Waals surface area contributed by atoms with Crippen LogP contribution in [-0.2, 0) is 4.74 Å². The van der Waals surface area contributed by atoms with Gasteiger partial charge in [0, 0.05) is 23.8 Å². The molecule has 3 N–H and O–H groups in total. The summed E-state index contributed by atoms with van der Waals surface area (Å²) in [6.45, 7) is 2.80. The van der Waals surface area contributed by atoms with Crippen LogP contribution in [0.2, 0.25) is 10.0 Å². The average Bonchev–Trinajstić information content (AvgIpc) is 2.30. The molecule has 0 heterocycles. The SMILES string of the molecule is COCCC(C)C(NN)c1ccc(Cl)cc1Cl. The van der Waals surface area contributed by atoms with Crippen LogP contribution in [0.15, 0.2) is 18.2 Å². The Kier molecular flexibility index (Phi) is 6.23. The molecule has 1 rings (SSSR count). The molecular weight excluding hydrogens is 259 g/mol. The van der Waals surface area contributed by atoms with Crippen LogP contribution in [0.4, 0.5) is 0 Å². The van der Waals surface area contributed by atoms with E-state index in [1.54, 1.807) is 13.2 Å². The van der Waals surface area contributed by atoms with Gasteiger partial charge in [-0.15, -0.1) is 0 Å². The molecule has 0 aliphatic heterocycles. The summed E-state index contributed by atoms with van der Waals surface area (Å²) < 4.78 is 5.07. The van der Waals surface area contributed by atoms with Crippen LogP contribution >= 0.6 is 23.2 Å². The van der Waals surface area contributed by atoms with Gasteiger partial charge in [-0.25, -0.2) is 0 Å². The minimum atomic E-state index is -0.00471. The second-order valence-electron chi connectivity index (χ2n) is 4.07. The third-order valence-electron chi connectivity index (χ3n) is 2.82. The topological polar surface area (TPSA) is 47.3 Å². The van der Waals surface area contributed by atoms with Crippen molar-refractivity contribution in [2.45, 2.75) is 19.4 Å². The van der Waals surface area contributed by atoms with E-state index in [4.69, 9.17) is 33.8 Å². The molecule has 2 unspecified atom stereocenters. The summed E-state index contributed by atoms with van der Waals surface area (Å²) in [6, 6.07) is 5.44. The Balaban J connectivity index is 2.85. The largest absolute Gasteiger partial charge is 0.385 e. The quantitative estimate of drug-likeness (QED) is 0.620. The lowest BCUT2D eigenvalue weighted by Gasteiger charge is -2.24. The van der Waals surface area contributed by atoms with Crippen LogP contribution in [0, 0.1) is 5.92 Å². The maximum Gasteiger partial charge on any atom is 0.0501 e. The molecule has 0 bridgehead atoms. The first-order chi connectivity index (χ1) is 8.10. The predicted octanol–water partition coefficient (Wildman–Crippen LogP) is 3.17. The molecule has 0 fully saturated rings. The molecule has 1 aromatic carbocycles. The molecule has 5 heteroatoms. The van der Waals surface area contributed by atoms with Crippen molar-refractivity contribution >= 4 is 23.2 Å². The molecule has 0 aromatic heterocycles. The number of nitrogens with one attached hydrogen (secondary N) is 1. The van der Waals surface area contributed by atoms with E-state index in [9.17, 15) is 0 Å². The number of hydrogen-bond donors (Lipinski definition) is 2. The summed E-state index contributed by atoms with van der Waals surface area (Å²) in [6.07, 6.45) is 0.907. The van der Waals surface area contributed by atoms with Crippen molar-refractivity contribution in [2.75, 3.05) is 13.7 Å². The van der Waals surface area contributed by atoms with Gasteiger partial charge in [-0.1, -0.05) is 36.2 Å². The number of hydrazine groups is 1. The molecule has 0 spiro atoms. The van der Waals surface area contributed by atoms with Gasteiger partial charge in [0.25, 0.3) is 0 Å². The van der Waals surface area contributed by atoms with Gasteiger partial charge in [-0.2, -0.15) is 0 Å². The highest BCUT2D eigenvalue weighted by molar-refractivity contribution is 6.35. The van der Waals surface area contributed by atoms with E-state index < -0.39 is 0 Å². The Bertz CT molecular complexity index is 360. The maximum atomic E-state index is 6.17. The number of nitrogens with two attached hydrogens (primary N) is 1. The molecule has 3 nitrogen and oxygen atoms in total. The second kappa shape index (κ2) is 7.19. The van der Waals surface area contributed by atoms with E-state index in [2.05, 4.69) is 12.3 Å². The van der Waals surface area contributed by atoms with E-state index >= 15 is 0 Å². The third-order valence-corrected chi connectivity index (χ3v) is 3.39. The molecule has 0 aliphatic rings. The fourth-order valence-corrected chi connectivity index (χ4v) is 2.31. The Morgan fingerprint density at radius 1 is 1.41 bits per heavy atom. The van der Waals surface area contributed by atoms with Crippen LogP contribution in [0.5, 0.6) is 0 Å². The zero-order chi connectivity index (χ0) is 12.8.